The molecule has 0 radical (unpaired) electrons. The Morgan fingerprint density at radius 1 is 1.39 bits per heavy atom. The number of H-pyrrole nitrogens is 1. The summed E-state index contributed by atoms with van der Waals surface area (Å²) in [6.07, 6.45) is 2.00. The van der Waals surface area contributed by atoms with Gasteiger partial charge in [-0.2, -0.15) is 5.10 Å². The summed E-state index contributed by atoms with van der Waals surface area (Å²) in [6, 6.07) is 11.8. The fraction of sp³-hybridized carbons (Fsp3) is 0.412. The Kier molecular flexibility index (Phi) is 5.80. The van der Waals surface area contributed by atoms with Crippen LogP contribution in [0.15, 0.2) is 36.4 Å². The lowest BCUT2D eigenvalue weighted by atomic mass is 9.92. The number of nitrogens with one attached hydrogen (secondary N) is 1. The highest BCUT2D eigenvalue weighted by Crippen LogP contribution is 2.24. The molecule has 2 atom stereocenters. The van der Waals surface area contributed by atoms with E-state index >= 15 is 0 Å². The lowest BCUT2D eigenvalue weighted by Gasteiger charge is -2.37. The van der Waals surface area contributed by atoms with Crippen LogP contribution in [0.1, 0.15) is 30.3 Å². The zero-order valence-corrected chi connectivity index (χ0v) is 14.1. The predicted molar refractivity (Wildman–Crippen MR) is 93.5 cm³/mol. The molecule has 2 heterocycles. The van der Waals surface area contributed by atoms with Gasteiger partial charge in [-0.05, 0) is 24.8 Å². The number of halogens is 1. The number of nitrogens with two attached hydrogens (primary N) is 1. The van der Waals surface area contributed by atoms with Crippen molar-refractivity contribution in [3.63, 3.8) is 0 Å². The van der Waals surface area contributed by atoms with Crippen molar-refractivity contribution in [3.05, 3.63) is 42.1 Å². The second-order valence-corrected chi connectivity index (χ2v) is 6.05. The molecular formula is C17H23ClN4O. The van der Waals surface area contributed by atoms with Crippen LogP contribution in [0.4, 0.5) is 0 Å². The van der Waals surface area contributed by atoms with E-state index in [9.17, 15) is 4.79 Å². The van der Waals surface area contributed by atoms with Gasteiger partial charge in [-0.25, -0.2) is 0 Å². The highest BCUT2D eigenvalue weighted by Gasteiger charge is 2.30. The van der Waals surface area contributed by atoms with Gasteiger partial charge in [-0.3, -0.25) is 9.89 Å². The third-order valence-corrected chi connectivity index (χ3v) is 4.39. The molecule has 23 heavy (non-hydrogen) atoms. The number of amides is 1. The number of carbonyl (C=O) groups is 1. The molecule has 2 aromatic rings. The number of carbonyl (C=O) groups excluding carboxylic acids is 1. The minimum Gasteiger partial charge on any atom is -0.333 e. The van der Waals surface area contributed by atoms with E-state index in [2.05, 4.69) is 17.1 Å². The first kappa shape index (κ1) is 17.5. The molecule has 1 aromatic carbocycles. The fourth-order valence-corrected chi connectivity index (χ4v) is 3.09. The zero-order valence-electron chi connectivity index (χ0n) is 13.2. The quantitative estimate of drug-likeness (QED) is 0.906. The molecule has 1 saturated heterocycles. The highest BCUT2D eigenvalue weighted by molar-refractivity contribution is 5.93. The Bertz CT molecular complexity index is 643. The summed E-state index contributed by atoms with van der Waals surface area (Å²) in [6.45, 7) is 3.49. The van der Waals surface area contributed by atoms with Gasteiger partial charge in [0.15, 0.2) is 0 Å². The summed E-state index contributed by atoms with van der Waals surface area (Å²) in [5, 5.41) is 7.14. The highest BCUT2D eigenvalue weighted by atomic mass is 35.5. The number of piperidine rings is 1. The molecule has 124 valence electrons. The van der Waals surface area contributed by atoms with Gasteiger partial charge in [-0.1, -0.05) is 37.3 Å². The van der Waals surface area contributed by atoms with Crippen LogP contribution in [0.2, 0.25) is 0 Å². The lowest BCUT2D eigenvalue weighted by Crippen LogP contribution is -2.49. The van der Waals surface area contributed by atoms with Crippen LogP contribution in [0, 0.1) is 5.92 Å². The number of likely N-dealkylation sites (tertiary alicyclic amines) is 1. The molecule has 3 rings (SSSR count). The van der Waals surface area contributed by atoms with Crippen molar-refractivity contribution in [3.8, 4) is 11.3 Å². The van der Waals surface area contributed by atoms with Crippen LogP contribution < -0.4 is 5.73 Å². The minimum absolute atomic E-state index is 0. The minimum atomic E-state index is -0.00275. The third-order valence-electron chi connectivity index (χ3n) is 4.39. The van der Waals surface area contributed by atoms with Gasteiger partial charge in [0.25, 0.3) is 5.91 Å². The number of hydrogen-bond donors (Lipinski definition) is 2. The summed E-state index contributed by atoms with van der Waals surface area (Å²) in [5.41, 5.74) is 8.17. The lowest BCUT2D eigenvalue weighted by molar-refractivity contribution is 0.0567. The molecular weight excluding hydrogens is 312 g/mol. The monoisotopic (exact) mass is 334 g/mol. The number of benzene rings is 1. The van der Waals surface area contributed by atoms with E-state index in [4.69, 9.17) is 5.73 Å². The van der Waals surface area contributed by atoms with Gasteiger partial charge in [0, 0.05) is 24.7 Å². The first-order chi connectivity index (χ1) is 10.7. The van der Waals surface area contributed by atoms with Crippen molar-refractivity contribution in [2.75, 3.05) is 13.1 Å². The number of aromatic nitrogens is 2. The second-order valence-electron chi connectivity index (χ2n) is 6.05. The number of hydrogen-bond acceptors (Lipinski definition) is 3. The summed E-state index contributed by atoms with van der Waals surface area (Å²) >= 11 is 0. The van der Waals surface area contributed by atoms with E-state index in [1.807, 2.05) is 41.3 Å². The van der Waals surface area contributed by atoms with Gasteiger partial charge >= 0.3 is 0 Å². The third kappa shape index (κ3) is 3.74. The van der Waals surface area contributed by atoms with E-state index in [1.165, 1.54) is 0 Å². The molecule has 1 amide bonds. The van der Waals surface area contributed by atoms with E-state index in [0.717, 1.165) is 30.6 Å². The van der Waals surface area contributed by atoms with E-state index in [0.29, 0.717) is 18.2 Å². The SMILES string of the molecule is CC1CCN(C(=O)c2cc(-c3ccccc3)n[nH]2)C(CN)C1.Cl. The Balaban J connectivity index is 0.00000192. The maximum absolute atomic E-state index is 12.7. The molecule has 0 bridgehead atoms. The Labute approximate surface area is 142 Å². The van der Waals surface area contributed by atoms with Crippen molar-refractivity contribution < 1.29 is 4.79 Å². The number of rotatable bonds is 3. The molecule has 2 unspecified atom stereocenters. The predicted octanol–water partition coefficient (Wildman–Crippen LogP) is 2.70. The fourth-order valence-electron chi connectivity index (χ4n) is 3.09. The van der Waals surface area contributed by atoms with Gasteiger partial charge < -0.3 is 10.6 Å². The van der Waals surface area contributed by atoms with Gasteiger partial charge in [0.2, 0.25) is 0 Å². The molecule has 0 saturated carbocycles. The molecule has 1 aromatic heterocycles. The maximum Gasteiger partial charge on any atom is 0.272 e. The van der Waals surface area contributed by atoms with Crippen molar-refractivity contribution in [1.29, 1.82) is 0 Å². The summed E-state index contributed by atoms with van der Waals surface area (Å²) in [5.74, 6) is 0.622. The van der Waals surface area contributed by atoms with Gasteiger partial charge in [0.1, 0.15) is 5.69 Å². The Hall–Kier alpha value is -1.85. The van der Waals surface area contributed by atoms with Crippen LogP contribution in [0.25, 0.3) is 11.3 Å². The van der Waals surface area contributed by atoms with E-state index in [-0.39, 0.29) is 24.4 Å². The van der Waals surface area contributed by atoms with E-state index < -0.39 is 0 Å². The van der Waals surface area contributed by atoms with Crippen molar-refractivity contribution in [2.24, 2.45) is 11.7 Å². The van der Waals surface area contributed by atoms with Crippen LogP contribution in [-0.2, 0) is 0 Å². The topological polar surface area (TPSA) is 75.0 Å². The smallest absolute Gasteiger partial charge is 0.272 e. The average Bonchev–Trinajstić information content (AvgIpc) is 3.05. The van der Waals surface area contributed by atoms with Crippen molar-refractivity contribution in [2.45, 2.75) is 25.8 Å². The second kappa shape index (κ2) is 7.62. The van der Waals surface area contributed by atoms with Crippen LogP contribution in [0.3, 0.4) is 0 Å². The molecule has 0 spiro atoms. The summed E-state index contributed by atoms with van der Waals surface area (Å²) < 4.78 is 0. The van der Waals surface area contributed by atoms with Gasteiger partial charge in [-0.15, -0.1) is 12.4 Å². The van der Waals surface area contributed by atoms with E-state index in [1.54, 1.807) is 0 Å². The molecule has 6 heteroatoms. The Morgan fingerprint density at radius 3 is 2.83 bits per heavy atom. The van der Waals surface area contributed by atoms with Crippen LogP contribution in [-0.4, -0.2) is 40.1 Å². The Morgan fingerprint density at radius 2 is 2.13 bits per heavy atom. The molecule has 1 fully saturated rings. The average molecular weight is 335 g/mol. The van der Waals surface area contributed by atoms with Crippen LogP contribution in [0.5, 0.6) is 0 Å². The maximum atomic E-state index is 12.7. The normalized spacial score (nSPS) is 20.9. The van der Waals surface area contributed by atoms with Crippen molar-refractivity contribution >= 4 is 18.3 Å². The first-order valence-corrected chi connectivity index (χ1v) is 7.81. The van der Waals surface area contributed by atoms with Crippen molar-refractivity contribution in [1.82, 2.24) is 15.1 Å². The zero-order chi connectivity index (χ0) is 15.5. The van der Waals surface area contributed by atoms with Crippen LogP contribution >= 0.6 is 12.4 Å². The summed E-state index contributed by atoms with van der Waals surface area (Å²) in [4.78, 5) is 14.6. The van der Waals surface area contributed by atoms with Gasteiger partial charge in [0.05, 0.1) is 5.69 Å². The molecule has 1 aliphatic heterocycles. The standard InChI is InChI=1S/C17H22N4O.ClH/c1-12-7-8-21(14(9-12)11-18)17(22)16-10-15(19-20-16)13-5-3-2-4-6-13;/h2-6,10,12,14H,7-9,11,18H2,1H3,(H,19,20);1H. The molecule has 1 aliphatic rings. The largest absolute Gasteiger partial charge is 0.333 e. The summed E-state index contributed by atoms with van der Waals surface area (Å²) in [7, 11) is 0. The molecule has 0 aliphatic carbocycles. The first-order valence-electron chi connectivity index (χ1n) is 7.81. The molecule has 3 N–H and O–H groups in total. The number of nitrogens with zero attached hydrogens (tertiary/aromatic N) is 2. The number of aromatic amines is 1. The molecule has 5 nitrogen and oxygen atoms in total.